The van der Waals surface area contributed by atoms with E-state index in [4.69, 9.17) is 11.6 Å². The summed E-state index contributed by atoms with van der Waals surface area (Å²) in [4.78, 5) is 12.0. The molecule has 0 radical (unpaired) electrons. The first-order chi connectivity index (χ1) is 11.3. The van der Waals surface area contributed by atoms with Crippen LogP contribution in [0.4, 0.5) is 5.69 Å². The number of anilines is 1. The van der Waals surface area contributed by atoms with E-state index in [1.54, 1.807) is 0 Å². The second-order valence-corrected chi connectivity index (χ2v) is 8.48. The van der Waals surface area contributed by atoms with Crippen LogP contribution in [0.1, 0.15) is 12.0 Å². The van der Waals surface area contributed by atoms with Gasteiger partial charge in [-0.05, 0) is 71.5 Å². The second-order valence-electron chi connectivity index (χ2n) is 5.11. The third-order valence-corrected chi connectivity index (χ3v) is 6.11. The Kier molecular flexibility index (Phi) is 6.62. The molecule has 0 aliphatic carbocycles. The summed E-state index contributed by atoms with van der Waals surface area (Å²) in [6, 6.07) is 11.4. The van der Waals surface area contributed by atoms with Crippen molar-refractivity contribution in [3.8, 4) is 0 Å². The molecule has 128 valence electrons. The Hall–Kier alpha value is -1.16. The van der Waals surface area contributed by atoms with Crippen LogP contribution in [-0.4, -0.2) is 20.9 Å². The Morgan fingerprint density at radius 2 is 1.83 bits per heavy atom. The smallest absolute Gasteiger partial charge is 0.240 e. The van der Waals surface area contributed by atoms with E-state index in [9.17, 15) is 13.2 Å². The molecule has 0 unspecified atom stereocenters. The minimum atomic E-state index is -3.65. The minimum Gasteiger partial charge on any atom is -0.326 e. The maximum Gasteiger partial charge on any atom is 0.240 e. The van der Waals surface area contributed by atoms with Crippen LogP contribution >= 0.6 is 34.2 Å². The largest absolute Gasteiger partial charge is 0.326 e. The van der Waals surface area contributed by atoms with E-state index >= 15 is 0 Å². The second kappa shape index (κ2) is 8.28. The van der Waals surface area contributed by atoms with E-state index in [-0.39, 0.29) is 23.8 Å². The lowest BCUT2D eigenvalue weighted by atomic mass is 10.2. The van der Waals surface area contributed by atoms with E-state index in [0.717, 1.165) is 9.13 Å². The molecule has 1 amide bonds. The van der Waals surface area contributed by atoms with Crippen LogP contribution < -0.4 is 10.0 Å². The van der Waals surface area contributed by atoms with Crippen molar-refractivity contribution in [1.29, 1.82) is 0 Å². The first-order valence-corrected chi connectivity index (χ1v) is 10.0. The van der Waals surface area contributed by atoms with E-state index in [1.807, 2.05) is 25.1 Å². The summed E-state index contributed by atoms with van der Waals surface area (Å²) in [7, 11) is -3.65. The number of benzene rings is 2. The monoisotopic (exact) mass is 478 g/mol. The van der Waals surface area contributed by atoms with Gasteiger partial charge in [0.1, 0.15) is 0 Å². The van der Waals surface area contributed by atoms with Crippen molar-refractivity contribution < 1.29 is 13.2 Å². The lowest BCUT2D eigenvalue weighted by Gasteiger charge is -2.09. The van der Waals surface area contributed by atoms with Gasteiger partial charge in [0, 0.05) is 27.2 Å². The molecule has 0 spiro atoms. The number of halogens is 2. The molecule has 24 heavy (non-hydrogen) atoms. The molecule has 0 saturated carbocycles. The number of carbonyl (C=O) groups is 1. The number of hydrogen-bond acceptors (Lipinski definition) is 3. The number of carbonyl (C=O) groups excluding carboxylic acids is 1. The molecule has 0 aliphatic heterocycles. The summed E-state index contributed by atoms with van der Waals surface area (Å²) in [6.07, 6.45) is 0.0390. The lowest BCUT2D eigenvalue weighted by Crippen LogP contribution is -2.27. The molecule has 2 rings (SSSR count). The van der Waals surface area contributed by atoms with Crippen molar-refractivity contribution in [2.45, 2.75) is 18.2 Å². The lowest BCUT2D eigenvalue weighted by molar-refractivity contribution is -0.116. The summed E-state index contributed by atoms with van der Waals surface area (Å²) in [5.74, 6) is -0.256. The van der Waals surface area contributed by atoms with Crippen molar-refractivity contribution in [1.82, 2.24) is 4.72 Å². The van der Waals surface area contributed by atoms with Crippen molar-refractivity contribution in [2.24, 2.45) is 0 Å². The van der Waals surface area contributed by atoms with E-state index in [1.165, 1.54) is 24.3 Å². The summed E-state index contributed by atoms with van der Waals surface area (Å²) >= 11 is 7.93. The van der Waals surface area contributed by atoms with Gasteiger partial charge in [0.15, 0.2) is 0 Å². The fraction of sp³-hybridized carbons (Fsp3) is 0.188. The highest BCUT2D eigenvalue weighted by atomic mass is 127. The van der Waals surface area contributed by atoms with Crippen molar-refractivity contribution in [2.75, 3.05) is 11.9 Å². The van der Waals surface area contributed by atoms with Gasteiger partial charge in [0.05, 0.1) is 4.90 Å². The van der Waals surface area contributed by atoms with E-state index in [0.29, 0.717) is 10.7 Å². The molecule has 0 atom stereocenters. The summed E-state index contributed by atoms with van der Waals surface area (Å²) in [5, 5.41) is 3.21. The molecule has 0 fully saturated rings. The van der Waals surface area contributed by atoms with Crippen molar-refractivity contribution >= 4 is 55.8 Å². The third kappa shape index (κ3) is 5.44. The minimum absolute atomic E-state index is 0.0136. The number of amides is 1. The zero-order chi connectivity index (χ0) is 17.7. The average molecular weight is 479 g/mol. The molecular formula is C16H16ClIN2O3S. The Balaban J connectivity index is 1.87. The van der Waals surface area contributed by atoms with E-state index in [2.05, 4.69) is 32.6 Å². The van der Waals surface area contributed by atoms with Crippen LogP contribution in [-0.2, 0) is 14.8 Å². The van der Waals surface area contributed by atoms with Crippen LogP contribution in [0.3, 0.4) is 0 Å². The standard InChI is InChI=1S/C16H16ClIN2O3S/c1-11-2-5-13(10-15(11)18)20-16(21)8-9-19-24(22,23)14-6-3-12(17)4-7-14/h2-7,10,19H,8-9H2,1H3,(H,20,21). The molecular weight excluding hydrogens is 463 g/mol. The Bertz CT molecular complexity index is 839. The number of hydrogen-bond donors (Lipinski definition) is 2. The Morgan fingerprint density at radius 3 is 2.46 bits per heavy atom. The van der Waals surface area contributed by atoms with Gasteiger partial charge in [-0.1, -0.05) is 17.7 Å². The SMILES string of the molecule is Cc1ccc(NC(=O)CCNS(=O)(=O)c2ccc(Cl)cc2)cc1I. The van der Waals surface area contributed by atoms with Crippen molar-refractivity contribution in [3.63, 3.8) is 0 Å². The topological polar surface area (TPSA) is 75.3 Å². The summed E-state index contributed by atoms with van der Waals surface area (Å²) in [5.41, 5.74) is 1.82. The van der Waals surface area contributed by atoms with Gasteiger partial charge >= 0.3 is 0 Å². The van der Waals surface area contributed by atoms with Gasteiger partial charge in [0.2, 0.25) is 15.9 Å². The molecule has 2 aromatic rings. The van der Waals surface area contributed by atoms with Crippen LogP contribution in [0.15, 0.2) is 47.4 Å². The maximum atomic E-state index is 12.1. The number of nitrogens with one attached hydrogen (secondary N) is 2. The highest BCUT2D eigenvalue weighted by molar-refractivity contribution is 14.1. The Morgan fingerprint density at radius 1 is 1.17 bits per heavy atom. The fourth-order valence-corrected chi connectivity index (χ4v) is 3.56. The van der Waals surface area contributed by atoms with Gasteiger partial charge in [0.25, 0.3) is 0 Å². The molecule has 8 heteroatoms. The third-order valence-electron chi connectivity index (χ3n) is 3.22. The molecule has 5 nitrogen and oxygen atoms in total. The zero-order valence-corrected chi connectivity index (χ0v) is 16.6. The first kappa shape index (κ1) is 19.2. The molecule has 0 bridgehead atoms. The normalized spacial score (nSPS) is 11.3. The highest BCUT2D eigenvalue weighted by Crippen LogP contribution is 2.17. The molecule has 2 N–H and O–H groups in total. The maximum absolute atomic E-state index is 12.1. The van der Waals surface area contributed by atoms with Gasteiger partial charge < -0.3 is 5.32 Å². The predicted octanol–water partition coefficient (Wildman–Crippen LogP) is 3.56. The first-order valence-electron chi connectivity index (χ1n) is 7.09. The molecule has 0 saturated heterocycles. The van der Waals surface area contributed by atoms with Gasteiger partial charge in [-0.15, -0.1) is 0 Å². The number of rotatable bonds is 6. The molecule has 0 aliphatic rings. The van der Waals surface area contributed by atoms with Crippen molar-refractivity contribution in [3.05, 3.63) is 56.6 Å². The van der Waals surface area contributed by atoms with Crippen LogP contribution in [0, 0.1) is 10.5 Å². The molecule has 0 aromatic heterocycles. The average Bonchev–Trinajstić information content (AvgIpc) is 2.51. The van der Waals surface area contributed by atoms with Crippen LogP contribution in [0.2, 0.25) is 5.02 Å². The quantitative estimate of drug-likeness (QED) is 0.624. The van der Waals surface area contributed by atoms with Gasteiger partial charge in [-0.3, -0.25) is 4.79 Å². The predicted molar refractivity (Wildman–Crippen MR) is 104 cm³/mol. The molecule has 0 heterocycles. The summed E-state index contributed by atoms with van der Waals surface area (Å²) < 4.78 is 27.6. The van der Waals surface area contributed by atoms with Crippen LogP contribution in [0.25, 0.3) is 0 Å². The highest BCUT2D eigenvalue weighted by Gasteiger charge is 2.14. The Labute approximate surface area is 160 Å². The van der Waals surface area contributed by atoms with Gasteiger partial charge in [-0.25, -0.2) is 13.1 Å². The fourth-order valence-electron chi connectivity index (χ4n) is 1.89. The zero-order valence-electron chi connectivity index (χ0n) is 12.8. The summed E-state index contributed by atoms with van der Waals surface area (Å²) in [6.45, 7) is 2.00. The number of aryl methyl sites for hydroxylation is 1. The van der Waals surface area contributed by atoms with Crippen LogP contribution in [0.5, 0.6) is 0 Å². The van der Waals surface area contributed by atoms with Gasteiger partial charge in [-0.2, -0.15) is 0 Å². The number of sulfonamides is 1. The molecule has 2 aromatic carbocycles. The van der Waals surface area contributed by atoms with E-state index < -0.39 is 10.0 Å².